The molecule has 0 radical (unpaired) electrons. The van der Waals surface area contributed by atoms with E-state index in [9.17, 15) is 9.59 Å². The molecular weight excluding hydrogens is 238 g/mol. The predicted octanol–water partition coefficient (Wildman–Crippen LogP) is -0.0518. The SMILES string of the molecule is CCOCCC(=O)N[C@@H](Cc1cnc[nH]1)C(=O)O. The van der Waals surface area contributed by atoms with Crippen LogP contribution >= 0.6 is 0 Å². The summed E-state index contributed by atoms with van der Waals surface area (Å²) in [4.78, 5) is 29.1. The molecule has 1 atom stereocenters. The van der Waals surface area contributed by atoms with Crippen LogP contribution in [-0.2, 0) is 20.7 Å². The molecule has 100 valence electrons. The standard InChI is InChI=1S/C11H17N3O4/c1-2-18-4-3-10(15)14-9(11(16)17)5-8-6-12-7-13-8/h6-7,9H,2-5H2,1H3,(H,12,13)(H,14,15)(H,16,17)/t9-/m0/s1. The summed E-state index contributed by atoms with van der Waals surface area (Å²) < 4.78 is 5.03. The number of aromatic nitrogens is 2. The molecule has 0 unspecified atom stereocenters. The second-order valence-corrected chi connectivity index (χ2v) is 3.69. The number of hydrogen-bond donors (Lipinski definition) is 3. The van der Waals surface area contributed by atoms with E-state index in [1.54, 1.807) is 0 Å². The molecule has 0 aromatic carbocycles. The molecule has 0 spiro atoms. The Morgan fingerprint density at radius 3 is 2.94 bits per heavy atom. The predicted molar refractivity (Wildman–Crippen MR) is 63.0 cm³/mol. The van der Waals surface area contributed by atoms with E-state index in [0.717, 1.165) is 0 Å². The van der Waals surface area contributed by atoms with Gasteiger partial charge in [0.25, 0.3) is 0 Å². The molecule has 0 fully saturated rings. The zero-order chi connectivity index (χ0) is 13.4. The van der Waals surface area contributed by atoms with Crippen LogP contribution in [0.5, 0.6) is 0 Å². The van der Waals surface area contributed by atoms with E-state index in [4.69, 9.17) is 9.84 Å². The Balaban J connectivity index is 2.42. The Hall–Kier alpha value is -1.89. The maximum absolute atomic E-state index is 11.5. The number of aromatic amines is 1. The second kappa shape index (κ2) is 7.44. The van der Waals surface area contributed by atoms with E-state index in [2.05, 4.69) is 15.3 Å². The summed E-state index contributed by atoms with van der Waals surface area (Å²) in [5.74, 6) is -1.41. The Bertz CT molecular complexity index is 378. The van der Waals surface area contributed by atoms with Crippen molar-refractivity contribution < 1.29 is 19.4 Å². The third-order valence-electron chi connectivity index (χ3n) is 2.29. The molecule has 0 bridgehead atoms. The highest BCUT2D eigenvalue weighted by molar-refractivity contribution is 5.83. The van der Waals surface area contributed by atoms with Gasteiger partial charge in [0.1, 0.15) is 6.04 Å². The summed E-state index contributed by atoms with van der Waals surface area (Å²) in [5, 5.41) is 11.5. The van der Waals surface area contributed by atoms with Crippen LogP contribution in [0.1, 0.15) is 19.0 Å². The molecule has 0 saturated heterocycles. The third kappa shape index (κ3) is 4.96. The Labute approximate surface area is 105 Å². The van der Waals surface area contributed by atoms with Crippen LogP contribution in [-0.4, -0.2) is 46.2 Å². The molecule has 0 aliphatic rings. The molecule has 18 heavy (non-hydrogen) atoms. The Morgan fingerprint density at radius 2 is 2.39 bits per heavy atom. The highest BCUT2D eigenvalue weighted by Gasteiger charge is 2.20. The fourth-order valence-corrected chi connectivity index (χ4v) is 1.39. The molecule has 1 rings (SSSR count). The zero-order valence-electron chi connectivity index (χ0n) is 10.2. The van der Waals surface area contributed by atoms with Gasteiger partial charge in [0.05, 0.1) is 12.9 Å². The maximum atomic E-state index is 11.5. The highest BCUT2D eigenvalue weighted by Crippen LogP contribution is 1.99. The number of rotatable bonds is 8. The van der Waals surface area contributed by atoms with E-state index >= 15 is 0 Å². The monoisotopic (exact) mass is 255 g/mol. The van der Waals surface area contributed by atoms with Crippen LogP contribution in [0, 0.1) is 0 Å². The first-order valence-electron chi connectivity index (χ1n) is 5.70. The molecule has 1 aromatic heterocycles. The fourth-order valence-electron chi connectivity index (χ4n) is 1.39. The number of H-pyrrole nitrogens is 1. The smallest absolute Gasteiger partial charge is 0.326 e. The van der Waals surface area contributed by atoms with Gasteiger partial charge in [0, 0.05) is 31.3 Å². The van der Waals surface area contributed by atoms with Gasteiger partial charge in [0.2, 0.25) is 5.91 Å². The number of nitrogens with zero attached hydrogens (tertiary/aromatic N) is 1. The summed E-state index contributed by atoms with van der Waals surface area (Å²) in [7, 11) is 0. The first-order valence-corrected chi connectivity index (χ1v) is 5.70. The largest absolute Gasteiger partial charge is 0.480 e. The average Bonchev–Trinajstić information content (AvgIpc) is 2.81. The zero-order valence-corrected chi connectivity index (χ0v) is 10.2. The van der Waals surface area contributed by atoms with Gasteiger partial charge in [-0.05, 0) is 6.92 Å². The first-order chi connectivity index (χ1) is 8.63. The van der Waals surface area contributed by atoms with E-state index < -0.39 is 12.0 Å². The minimum absolute atomic E-state index is 0.153. The molecular formula is C11H17N3O4. The minimum Gasteiger partial charge on any atom is -0.480 e. The molecule has 3 N–H and O–H groups in total. The summed E-state index contributed by atoms with van der Waals surface area (Å²) in [6, 6.07) is -0.959. The van der Waals surface area contributed by atoms with Crippen molar-refractivity contribution in [2.75, 3.05) is 13.2 Å². The minimum atomic E-state index is -1.07. The van der Waals surface area contributed by atoms with Crippen molar-refractivity contribution >= 4 is 11.9 Å². The van der Waals surface area contributed by atoms with Crippen LogP contribution in [0.25, 0.3) is 0 Å². The fraction of sp³-hybridized carbons (Fsp3) is 0.545. The van der Waals surface area contributed by atoms with Crippen LogP contribution in [0.2, 0.25) is 0 Å². The van der Waals surface area contributed by atoms with Gasteiger partial charge in [-0.3, -0.25) is 4.79 Å². The van der Waals surface area contributed by atoms with Gasteiger partial charge in [-0.2, -0.15) is 0 Å². The lowest BCUT2D eigenvalue weighted by atomic mass is 10.1. The molecule has 1 heterocycles. The summed E-state index contributed by atoms with van der Waals surface area (Å²) in [5.41, 5.74) is 0.660. The van der Waals surface area contributed by atoms with Crippen LogP contribution in [0.3, 0.4) is 0 Å². The van der Waals surface area contributed by atoms with Crippen molar-refractivity contribution in [1.29, 1.82) is 0 Å². The number of carbonyl (C=O) groups excluding carboxylic acids is 1. The third-order valence-corrected chi connectivity index (χ3v) is 2.29. The number of nitrogens with one attached hydrogen (secondary N) is 2. The second-order valence-electron chi connectivity index (χ2n) is 3.69. The molecule has 0 aliphatic heterocycles. The molecule has 1 amide bonds. The van der Waals surface area contributed by atoms with Gasteiger partial charge in [-0.25, -0.2) is 9.78 Å². The van der Waals surface area contributed by atoms with E-state index in [1.807, 2.05) is 6.92 Å². The number of carboxylic acid groups (broad SMARTS) is 1. The van der Waals surface area contributed by atoms with Crippen molar-refractivity contribution in [3.8, 4) is 0 Å². The molecule has 1 aromatic rings. The number of hydrogen-bond acceptors (Lipinski definition) is 4. The van der Waals surface area contributed by atoms with E-state index in [-0.39, 0.29) is 18.7 Å². The first kappa shape index (κ1) is 14.2. The van der Waals surface area contributed by atoms with Crippen molar-refractivity contribution in [2.45, 2.75) is 25.8 Å². The quantitative estimate of drug-likeness (QED) is 0.565. The molecule has 0 saturated carbocycles. The van der Waals surface area contributed by atoms with Crippen molar-refractivity contribution in [2.24, 2.45) is 0 Å². The summed E-state index contributed by atoms with van der Waals surface area (Å²) in [6.45, 7) is 2.65. The number of ether oxygens (including phenoxy) is 1. The number of imidazole rings is 1. The Morgan fingerprint density at radius 1 is 1.61 bits per heavy atom. The van der Waals surface area contributed by atoms with Gasteiger partial charge in [-0.1, -0.05) is 0 Å². The number of carbonyl (C=O) groups is 2. The van der Waals surface area contributed by atoms with Crippen LogP contribution in [0.15, 0.2) is 12.5 Å². The van der Waals surface area contributed by atoms with Gasteiger partial charge < -0.3 is 20.1 Å². The maximum Gasteiger partial charge on any atom is 0.326 e. The van der Waals surface area contributed by atoms with Crippen molar-refractivity contribution in [3.63, 3.8) is 0 Å². The normalized spacial score (nSPS) is 12.1. The molecule has 7 nitrogen and oxygen atoms in total. The van der Waals surface area contributed by atoms with E-state index in [0.29, 0.717) is 18.9 Å². The lowest BCUT2D eigenvalue weighted by Gasteiger charge is -2.13. The lowest BCUT2D eigenvalue weighted by molar-refractivity contribution is -0.142. The summed E-state index contributed by atoms with van der Waals surface area (Å²) in [6.07, 6.45) is 3.32. The van der Waals surface area contributed by atoms with Gasteiger partial charge in [0.15, 0.2) is 0 Å². The van der Waals surface area contributed by atoms with Crippen molar-refractivity contribution in [3.05, 3.63) is 18.2 Å². The number of carboxylic acids is 1. The van der Waals surface area contributed by atoms with Crippen LogP contribution < -0.4 is 5.32 Å². The van der Waals surface area contributed by atoms with Gasteiger partial charge >= 0.3 is 5.97 Å². The lowest BCUT2D eigenvalue weighted by Crippen LogP contribution is -2.42. The molecule has 0 aliphatic carbocycles. The summed E-state index contributed by atoms with van der Waals surface area (Å²) >= 11 is 0. The average molecular weight is 255 g/mol. The topological polar surface area (TPSA) is 104 Å². The number of amides is 1. The molecule has 7 heteroatoms. The number of aliphatic carboxylic acids is 1. The van der Waals surface area contributed by atoms with Gasteiger partial charge in [-0.15, -0.1) is 0 Å². The van der Waals surface area contributed by atoms with E-state index in [1.165, 1.54) is 12.5 Å². The Kier molecular flexibility index (Phi) is 5.86. The highest BCUT2D eigenvalue weighted by atomic mass is 16.5. The van der Waals surface area contributed by atoms with Crippen LogP contribution in [0.4, 0.5) is 0 Å². The van der Waals surface area contributed by atoms with Crippen molar-refractivity contribution in [1.82, 2.24) is 15.3 Å².